The third-order valence-corrected chi connectivity index (χ3v) is 3.27. The standard InChI is InChI=1S/C15H21N3O/c1-2-19-15(17)13-8-9-18(11-14(13)16)10-12-6-4-3-5-7-12/h3-7,17H,2,8-11,16H2,1H3. The maximum atomic E-state index is 7.82. The van der Waals surface area contributed by atoms with Gasteiger partial charge < -0.3 is 10.5 Å². The molecule has 0 saturated heterocycles. The summed E-state index contributed by atoms with van der Waals surface area (Å²) in [6.07, 6.45) is 0.789. The van der Waals surface area contributed by atoms with Crippen molar-refractivity contribution >= 4 is 5.90 Å². The van der Waals surface area contributed by atoms with E-state index in [4.69, 9.17) is 15.9 Å². The average molecular weight is 259 g/mol. The SMILES string of the molecule is CCOC(=N)C1=C(N)CN(Cc2ccccc2)CC1. The molecular weight excluding hydrogens is 238 g/mol. The van der Waals surface area contributed by atoms with Crippen molar-refractivity contribution in [2.45, 2.75) is 19.9 Å². The van der Waals surface area contributed by atoms with Crippen LogP contribution in [-0.4, -0.2) is 30.5 Å². The molecule has 4 heteroatoms. The van der Waals surface area contributed by atoms with E-state index in [0.29, 0.717) is 13.2 Å². The Bertz CT molecular complexity index is 468. The largest absolute Gasteiger partial charge is 0.478 e. The molecule has 0 radical (unpaired) electrons. The maximum Gasteiger partial charge on any atom is 0.210 e. The van der Waals surface area contributed by atoms with Gasteiger partial charge in [0, 0.05) is 30.9 Å². The van der Waals surface area contributed by atoms with Gasteiger partial charge in [0.25, 0.3) is 0 Å². The van der Waals surface area contributed by atoms with Gasteiger partial charge in [-0.3, -0.25) is 10.3 Å². The first-order chi connectivity index (χ1) is 9.20. The van der Waals surface area contributed by atoms with Crippen LogP contribution in [0.4, 0.5) is 0 Å². The Balaban J connectivity index is 1.98. The van der Waals surface area contributed by atoms with Gasteiger partial charge in [-0.25, -0.2) is 0 Å². The Labute approximate surface area is 114 Å². The number of nitrogens with zero attached hydrogens (tertiary/aromatic N) is 1. The monoisotopic (exact) mass is 259 g/mol. The van der Waals surface area contributed by atoms with Gasteiger partial charge in [0.05, 0.1) is 6.61 Å². The Morgan fingerprint density at radius 2 is 2.11 bits per heavy atom. The van der Waals surface area contributed by atoms with Gasteiger partial charge in [0.1, 0.15) is 0 Å². The highest BCUT2D eigenvalue weighted by Crippen LogP contribution is 2.18. The molecular formula is C15H21N3O. The van der Waals surface area contributed by atoms with Crippen LogP contribution in [0.2, 0.25) is 0 Å². The van der Waals surface area contributed by atoms with Gasteiger partial charge in [-0.2, -0.15) is 0 Å². The van der Waals surface area contributed by atoms with E-state index in [2.05, 4.69) is 29.2 Å². The fraction of sp³-hybridized carbons (Fsp3) is 0.400. The van der Waals surface area contributed by atoms with E-state index in [9.17, 15) is 0 Å². The molecule has 0 aromatic heterocycles. The van der Waals surface area contributed by atoms with Crippen molar-refractivity contribution < 1.29 is 4.74 Å². The van der Waals surface area contributed by atoms with E-state index < -0.39 is 0 Å². The summed E-state index contributed by atoms with van der Waals surface area (Å²) < 4.78 is 5.23. The maximum absolute atomic E-state index is 7.82. The lowest BCUT2D eigenvalue weighted by atomic mass is 10.0. The summed E-state index contributed by atoms with van der Waals surface area (Å²) in [5, 5.41) is 7.82. The normalized spacial score (nSPS) is 16.5. The second-order valence-electron chi connectivity index (χ2n) is 4.71. The molecule has 1 aromatic carbocycles. The molecule has 0 aliphatic carbocycles. The van der Waals surface area contributed by atoms with Crippen molar-refractivity contribution in [1.29, 1.82) is 5.41 Å². The highest BCUT2D eigenvalue weighted by atomic mass is 16.5. The second-order valence-corrected chi connectivity index (χ2v) is 4.71. The van der Waals surface area contributed by atoms with Crippen molar-refractivity contribution in [3.8, 4) is 0 Å². The van der Waals surface area contributed by atoms with Gasteiger partial charge in [0.2, 0.25) is 5.90 Å². The molecule has 0 fully saturated rings. The van der Waals surface area contributed by atoms with Gasteiger partial charge in [-0.05, 0) is 18.9 Å². The summed E-state index contributed by atoms with van der Waals surface area (Å²) in [7, 11) is 0. The Hall–Kier alpha value is -1.81. The fourth-order valence-corrected chi connectivity index (χ4v) is 2.31. The first-order valence-corrected chi connectivity index (χ1v) is 6.66. The van der Waals surface area contributed by atoms with E-state index in [1.165, 1.54) is 5.56 Å². The van der Waals surface area contributed by atoms with Gasteiger partial charge in [-0.1, -0.05) is 30.3 Å². The third kappa shape index (κ3) is 3.58. The Morgan fingerprint density at radius 3 is 2.74 bits per heavy atom. The molecule has 4 nitrogen and oxygen atoms in total. The molecule has 102 valence electrons. The van der Waals surface area contributed by atoms with Crippen molar-refractivity contribution in [3.05, 3.63) is 47.2 Å². The minimum Gasteiger partial charge on any atom is -0.478 e. The lowest BCUT2D eigenvalue weighted by Gasteiger charge is -2.29. The minimum absolute atomic E-state index is 0.236. The smallest absolute Gasteiger partial charge is 0.210 e. The van der Waals surface area contributed by atoms with E-state index in [1.807, 2.05) is 13.0 Å². The van der Waals surface area contributed by atoms with Crippen LogP contribution in [0.15, 0.2) is 41.6 Å². The predicted molar refractivity (Wildman–Crippen MR) is 76.9 cm³/mol. The van der Waals surface area contributed by atoms with Crippen LogP contribution in [0.1, 0.15) is 18.9 Å². The highest BCUT2D eigenvalue weighted by molar-refractivity contribution is 5.91. The number of hydrogen-bond acceptors (Lipinski definition) is 4. The molecule has 0 saturated carbocycles. The first-order valence-electron chi connectivity index (χ1n) is 6.66. The second kappa shape index (κ2) is 6.38. The van der Waals surface area contributed by atoms with Gasteiger partial charge in [0.15, 0.2) is 0 Å². The molecule has 1 aromatic rings. The Kier molecular flexibility index (Phi) is 4.58. The number of nitrogens with one attached hydrogen (secondary N) is 1. The number of rotatable bonds is 4. The molecule has 0 amide bonds. The summed E-state index contributed by atoms with van der Waals surface area (Å²) >= 11 is 0. The molecule has 1 aliphatic rings. The van der Waals surface area contributed by atoms with Crippen LogP contribution >= 0.6 is 0 Å². The van der Waals surface area contributed by atoms with Crippen molar-refractivity contribution in [2.75, 3.05) is 19.7 Å². The summed E-state index contributed by atoms with van der Waals surface area (Å²) in [4.78, 5) is 2.30. The van der Waals surface area contributed by atoms with Crippen LogP contribution in [0.25, 0.3) is 0 Å². The topological polar surface area (TPSA) is 62.3 Å². The summed E-state index contributed by atoms with van der Waals surface area (Å²) in [5.41, 5.74) is 8.99. The zero-order valence-corrected chi connectivity index (χ0v) is 11.4. The summed E-state index contributed by atoms with van der Waals surface area (Å²) in [5.74, 6) is 0.236. The Morgan fingerprint density at radius 1 is 1.37 bits per heavy atom. The zero-order chi connectivity index (χ0) is 13.7. The van der Waals surface area contributed by atoms with Crippen LogP contribution in [0.3, 0.4) is 0 Å². The zero-order valence-electron chi connectivity index (χ0n) is 11.4. The predicted octanol–water partition coefficient (Wildman–Crippen LogP) is 2.12. The lowest BCUT2D eigenvalue weighted by Crippen LogP contribution is -2.35. The molecule has 1 aliphatic heterocycles. The number of hydrogen-bond donors (Lipinski definition) is 2. The third-order valence-electron chi connectivity index (χ3n) is 3.27. The number of benzene rings is 1. The molecule has 0 bridgehead atoms. The van der Waals surface area contributed by atoms with E-state index >= 15 is 0 Å². The van der Waals surface area contributed by atoms with Crippen LogP contribution in [-0.2, 0) is 11.3 Å². The van der Waals surface area contributed by atoms with E-state index in [0.717, 1.165) is 30.8 Å². The lowest BCUT2D eigenvalue weighted by molar-refractivity contribution is 0.271. The summed E-state index contributed by atoms with van der Waals surface area (Å²) in [6.45, 7) is 4.93. The van der Waals surface area contributed by atoms with Crippen molar-refractivity contribution in [3.63, 3.8) is 0 Å². The highest BCUT2D eigenvalue weighted by Gasteiger charge is 2.20. The molecule has 19 heavy (non-hydrogen) atoms. The molecule has 0 atom stereocenters. The van der Waals surface area contributed by atoms with Crippen LogP contribution in [0, 0.1) is 5.41 Å². The fourth-order valence-electron chi connectivity index (χ4n) is 2.31. The molecule has 0 unspecified atom stereocenters. The quantitative estimate of drug-likeness (QED) is 0.643. The summed E-state index contributed by atoms with van der Waals surface area (Å²) in [6, 6.07) is 10.4. The number of nitrogens with two attached hydrogens (primary N) is 1. The van der Waals surface area contributed by atoms with Gasteiger partial charge >= 0.3 is 0 Å². The van der Waals surface area contributed by atoms with Gasteiger partial charge in [-0.15, -0.1) is 0 Å². The van der Waals surface area contributed by atoms with E-state index in [1.54, 1.807) is 0 Å². The van der Waals surface area contributed by atoms with Crippen molar-refractivity contribution in [2.24, 2.45) is 5.73 Å². The van der Waals surface area contributed by atoms with Crippen LogP contribution in [0.5, 0.6) is 0 Å². The average Bonchev–Trinajstić information content (AvgIpc) is 2.40. The minimum atomic E-state index is 0.236. The number of ether oxygens (including phenoxy) is 1. The molecule has 1 heterocycles. The first kappa shape index (κ1) is 13.6. The van der Waals surface area contributed by atoms with E-state index in [-0.39, 0.29) is 5.90 Å². The molecule has 2 rings (SSSR count). The van der Waals surface area contributed by atoms with Crippen molar-refractivity contribution in [1.82, 2.24) is 4.90 Å². The van der Waals surface area contributed by atoms with Crippen LogP contribution < -0.4 is 5.73 Å². The molecule has 0 spiro atoms. The molecule has 3 N–H and O–H groups in total.